The highest BCUT2D eigenvalue weighted by molar-refractivity contribution is 5.44. The van der Waals surface area contributed by atoms with Crippen LogP contribution in [0.3, 0.4) is 0 Å². The maximum Gasteiger partial charge on any atom is 0.272 e. The molecule has 0 N–H and O–H groups in total. The van der Waals surface area contributed by atoms with E-state index in [1.165, 1.54) is 6.07 Å². The lowest BCUT2D eigenvalue weighted by Gasteiger charge is -2.10. The predicted molar refractivity (Wildman–Crippen MR) is 66.5 cm³/mol. The quantitative estimate of drug-likeness (QED) is 0.433. The van der Waals surface area contributed by atoms with Crippen molar-refractivity contribution in [1.82, 2.24) is 4.90 Å². The molecule has 1 aromatic rings. The van der Waals surface area contributed by atoms with Crippen LogP contribution in [0.1, 0.15) is 12.0 Å². The van der Waals surface area contributed by atoms with Crippen molar-refractivity contribution in [1.29, 1.82) is 0 Å². The van der Waals surface area contributed by atoms with E-state index in [1.54, 1.807) is 19.1 Å². The van der Waals surface area contributed by atoms with Gasteiger partial charge in [0, 0.05) is 18.2 Å². The molecule has 1 aromatic carbocycles. The zero-order valence-electron chi connectivity index (χ0n) is 10.5. The summed E-state index contributed by atoms with van der Waals surface area (Å²) >= 11 is 0. The van der Waals surface area contributed by atoms with Gasteiger partial charge in [-0.2, -0.15) is 0 Å². The number of nitrogens with zero attached hydrogens (tertiary/aromatic N) is 2. The highest BCUT2D eigenvalue weighted by Gasteiger charge is 2.10. The van der Waals surface area contributed by atoms with Gasteiger partial charge in [0.2, 0.25) is 0 Å². The molecule has 0 unspecified atom stereocenters. The van der Waals surface area contributed by atoms with Crippen LogP contribution in [0.25, 0.3) is 0 Å². The highest BCUT2D eigenvalue weighted by atomic mass is 16.6. The van der Waals surface area contributed by atoms with Crippen molar-refractivity contribution < 1.29 is 9.66 Å². The largest absolute Gasteiger partial charge is 0.494 e. The Bertz CT molecular complexity index is 391. The molecule has 0 aromatic heterocycles. The molecule has 0 heterocycles. The molecule has 0 bridgehead atoms. The molecule has 0 aliphatic rings. The molecule has 0 fully saturated rings. The number of hydrogen-bond donors (Lipinski definition) is 0. The van der Waals surface area contributed by atoms with Crippen molar-refractivity contribution >= 4 is 5.69 Å². The summed E-state index contributed by atoms with van der Waals surface area (Å²) in [6, 6.07) is 4.82. The fourth-order valence-electron chi connectivity index (χ4n) is 1.49. The van der Waals surface area contributed by atoms with Crippen molar-refractivity contribution in [2.24, 2.45) is 0 Å². The maximum atomic E-state index is 10.6. The van der Waals surface area contributed by atoms with Crippen molar-refractivity contribution in [3.8, 4) is 5.75 Å². The summed E-state index contributed by atoms with van der Waals surface area (Å²) < 4.78 is 5.52. The van der Waals surface area contributed by atoms with Gasteiger partial charge in [-0.1, -0.05) is 0 Å². The van der Waals surface area contributed by atoms with E-state index in [0.717, 1.165) is 13.0 Å². The molecule has 1 rings (SSSR count). The third-order valence-corrected chi connectivity index (χ3v) is 2.38. The number of rotatable bonds is 6. The molecule has 0 atom stereocenters. The summed E-state index contributed by atoms with van der Waals surface area (Å²) in [5, 5.41) is 10.6. The third kappa shape index (κ3) is 4.40. The van der Waals surface area contributed by atoms with E-state index in [4.69, 9.17) is 4.74 Å². The van der Waals surface area contributed by atoms with Gasteiger partial charge in [0.1, 0.15) is 5.75 Å². The van der Waals surface area contributed by atoms with Gasteiger partial charge in [0.15, 0.2) is 0 Å². The van der Waals surface area contributed by atoms with Crippen LogP contribution >= 0.6 is 0 Å². The molecule has 0 amide bonds. The number of aryl methyl sites for hydroxylation is 1. The number of nitro groups is 1. The number of benzene rings is 1. The zero-order chi connectivity index (χ0) is 12.8. The van der Waals surface area contributed by atoms with E-state index in [1.807, 2.05) is 14.1 Å². The molecule has 0 saturated heterocycles. The second-order valence-corrected chi connectivity index (χ2v) is 4.21. The van der Waals surface area contributed by atoms with Crippen LogP contribution in [0.15, 0.2) is 18.2 Å². The molecule has 5 nitrogen and oxygen atoms in total. The van der Waals surface area contributed by atoms with Gasteiger partial charge in [-0.25, -0.2) is 0 Å². The molecular weight excluding hydrogens is 220 g/mol. The average molecular weight is 238 g/mol. The maximum absolute atomic E-state index is 10.6. The van der Waals surface area contributed by atoms with Gasteiger partial charge in [0.25, 0.3) is 5.69 Å². The molecule has 0 radical (unpaired) electrons. The van der Waals surface area contributed by atoms with E-state index in [9.17, 15) is 10.1 Å². The molecule has 0 aliphatic heterocycles. The lowest BCUT2D eigenvalue weighted by atomic mass is 10.2. The Hall–Kier alpha value is -1.62. The molecular formula is C12H18N2O3. The fraction of sp³-hybridized carbons (Fsp3) is 0.500. The predicted octanol–water partition coefficient (Wildman–Crippen LogP) is 2.23. The van der Waals surface area contributed by atoms with Crippen LogP contribution in [-0.4, -0.2) is 37.1 Å². The Balaban J connectivity index is 2.50. The van der Waals surface area contributed by atoms with Crippen LogP contribution in [0, 0.1) is 17.0 Å². The van der Waals surface area contributed by atoms with Gasteiger partial charge in [-0.05, 0) is 39.6 Å². The standard InChI is InChI=1S/C12H18N2O3/c1-10-9-11(5-6-12(10)14(15)16)17-8-4-7-13(2)3/h5-6,9H,4,7-8H2,1-3H3. The molecule has 17 heavy (non-hydrogen) atoms. The van der Waals surface area contributed by atoms with E-state index in [2.05, 4.69) is 4.90 Å². The van der Waals surface area contributed by atoms with Gasteiger partial charge in [0.05, 0.1) is 11.5 Å². The minimum absolute atomic E-state index is 0.130. The summed E-state index contributed by atoms with van der Waals surface area (Å²) in [6.07, 6.45) is 0.934. The Labute approximate surface area is 101 Å². The summed E-state index contributed by atoms with van der Waals surface area (Å²) in [5.41, 5.74) is 0.755. The summed E-state index contributed by atoms with van der Waals surface area (Å²) in [7, 11) is 4.02. The number of ether oxygens (including phenoxy) is 1. The Morgan fingerprint density at radius 3 is 2.65 bits per heavy atom. The van der Waals surface area contributed by atoms with E-state index in [-0.39, 0.29) is 10.6 Å². The fourth-order valence-corrected chi connectivity index (χ4v) is 1.49. The van der Waals surface area contributed by atoms with Gasteiger partial charge >= 0.3 is 0 Å². The van der Waals surface area contributed by atoms with Gasteiger partial charge in [-0.15, -0.1) is 0 Å². The Kier molecular flexibility index (Phi) is 4.90. The molecule has 0 spiro atoms. The first kappa shape index (κ1) is 13.4. The van der Waals surface area contributed by atoms with Crippen LogP contribution in [-0.2, 0) is 0 Å². The van der Waals surface area contributed by atoms with Crippen LogP contribution < -0.4 is 4.74 Å². The number of hydrogen-bond acceptors (Lipinski definition) is 4. The molecule has 5 heteroatoms. The molecule has 0 aliphatic carbocycles. The third-order valence-electron chi connectivity index (χ3n) is 2.38. The number of nitro benzene ring substituents is 1. The first-order valence-electron chi connectivity index (χ1n) is 5.53. The minimum Gasteiger partial charge on any atom is -0.494 e. The van der Waals surface area contributed by atoms with Crippen molar-refractivity contribution in [3.63, 3.8) is 0 Å². The monoisotopic (exact) mass is 238 g/mol. The van der Waals surface area contributed by atoms with Crippen molar-refractivity contribution in [2.45, 2.75) is 13.3 Å². The lowest BCUT2D eigenvalue weighted by Crippen LogP contribution is -2.15. The highest BCUT2D eigenvalue weighted by Crippen LogP contribution is 2.22. The summed E-state index contributed by atoms with van der Waals surface area (Å²) in [5.74, 6) is 0.687. The second kappa shape index (κ2) is 6.20. The van der Waals surface area contributed by atoms with E-state index >= 15 is 0 Å². The Morgan fingerprint density at radius 2 is 2.12 bits per heavy atom. The van der Waals surface area contributed by atoms with E-state index < -0.39 is 0 Å². The average Bonchev–Trinajstić information content (AvgIpc) is 2.23. The smallest absolute Gasteiger partial charge is 0.272 e. The first-order chi connectivity index (χ1) is 8.00. The van der Waals surface area contributed by atoms with Crippen LogP contribution in [0.4, 0.5) is 5.69 Å². The van der Waals surface area contributed by atoms with Crippen LogP contribution in [0.2, 0.25) is 0 Å². The van der Waals surface area contributed by atoms with Crippen molar-refractivity contribution in [3.05, 3.63) is 33.9 Å². The Morgan fingerprint density at radius 1 is 1.41 bits per heavy atom. The summed E-state index contributed by atoms with van der Waals surface area (Å²) in [4.78, 5) is 12.3. The van der Waals surface area contributed by atoms with Crippen molar-refractivity contribution in [2.75, 3.05) is 27.2 Å². The second-order valence-electron chi connectivity index (χ2n) is 4.21. The SMILES string of the molecule is Cc1cc(OCCCN(C)C)ccc1[N+](=O)[O-]. The van der Waals surface area contributed by atoms with Gasteiger partial charge < -0.3 is 9.64 Å². The van der Waals surface area contributed by atoms with Crippen LogP contribution in [0.5, 0.6) is 5.75 Å². The lowest BCUT2D eigenvalue weighted by molar-refractivity contribution is -0.385. The normalized spacial score (nSPS) is 10.6. The first-order valence-corrected chi connectivity index (χ1v) is 5.53. The molecule has 0 saturated carbocycles. The molecule has 94 valence electrons. The minimum atomic E-state index is -0.384. The van der Waals surface area contributed by atoms with E-state index in [0.29, 0.717) is 17.9 Å². The van der Waals surface area contributed by atoms with Gasteiger partial charge in [-0.3, -0.25) is 10.1 Å². The summed E-state index contributed by atoms with van der Waals surface area (Å²) in [6.45, 7) is 3.30. The zero-order valence-corrected chi connectivity index (χ0v) is 10.5. The topological polar surface area (TPSA) is 55.6 Å².